The molecular weight excluding hydrogens is 422 g/mol. The quantitative estimate of drug-likeness (QED) is 0.306. The van der Waals surface area contributed by atoms with Gasteiger partial charge in [0.15, 0.2) is 11.3 Å². The Labute approximate surface area is 171 Å². The molecule has 0 saturated carbocycles. The number of pyridine rings is 1. The molecule has 3 aromatic heterocycles. The van der Waals surface area contributed by atoms with Crippen molar-refractivity contribution in [2.45, 2.75) is 12.4 Å². The van der Waals surface area contributed by atoms with Crippen molar-refractivity contribution in [3.63, 3.8) is 0 Å². The van der Waals surface area contributed by atoms with Gasteiger partial charge in [-0.05, 0) is 30.3 Å². The molecular formula is C21H10F6N4. The lowest BCUT2D eigenvalue weighted by atomic mass is 10.1. The highest BCUT2D eigenvalue weighted by Crippen LogP contribution is 2.35. The number of rotatable bonds is 1. The van der Waals surface area contributed by atoms with E-state index >= 15 is 0 Å². The van der Waals surface area contributed by atoms with Crippen LogP contribution in [0.5, 0.6) is 0 Å². The summed E-state index contributed by atoms with van der Waals surface area (Å²) in [5.41, 5.74) is -2.19. The van der Waals surface area contributed by atoms with Gasteiger partial charge in [-0.2, -0.15) is 31.4 Å². The van der Waals surface area contributed by atoms with Gasteiger partial charge in [-0.3, -0.25) is 4.98 Å². The predicted molar refractivity (Wildman–Crippen MR) is 98.6 cm³/mol. The maximum absolute atomic E-state index is 13.6. The molecule has 4 rings (SSSR count). The van der Waals surface area contributed by atoms with Crippen molar-refractivity contribution in [3.8, 4) is 23.1 Å². The van der Waals surface area contributed by atoms with Gasteiger partial charge in [0.25, 0.3) is 0 Å². The van der Waals surface area contributed by atoms with Crippen LogP contribution < -0.4 is 0 Å². The maximum atomic E-state index is 13.6. The van der Waals surface area contributed by atoms with Gasteiger partial charge in [0.2, 0.25) is 0 Å². The van der Waals surface area contributed by atoms with Crippen LogP contribution in [-0.2, 0) is 12.4 Å². The Morgan fingerprint density at radius 1 is 0.839 bits per heavy atom. The zero-order valence-corrected chi connectivity index (χ0v) is 15.3. The van der Waals surface area contributed by atoms with E-state index in [2.05, 4.69) is 26.9 Å². The molecule has 4 nitrogen and oxygen atoms in total. The molecule has 1 aromatic carbocycles. The monoisotopic (exact) mass is 432 g/mol. The van der Waals surface area contributed by atoms with Crippen LogP contribution in [0, 0.1) is 11.8 Å². The van der Waals surface area contributed by atoms with Crippen LogP contribution >= 0.6 is 0 Å². The number of halogens is 6. The van der Waals surface area contributed by atoms with E-state index in [1.807, 2.05) is 0 Å². The number of hydrogen-bond donors (Lipinski definition) is 0. The Bertz CT molecular complexity index is 1310. The molecule has 31 heavy (non-hydrogen) atoms. The fourth-order valence-electron chi connectivity index (χ4n) is 2.83. The highest BCUT2D eigenvalue weighted by molar-refractivity contribution is 5.67. The summed E-state index contributed by atoms with van der Waals surface area (Å²) in [6.45, 7) is 0. The first-order valence-electron chi connectivity index (χ1n) is 8.68. The normalized spacial score (nSPS) is 11.9. The van der Waals surface area contributed by atoms with Crippen molar-refractivity contribution in [2.24, 2.45) is 0 Å². The van der Waals surface area contributed by atoms with Gasteiger partial charge in [0.1, 0.15) is 0 Å². The number of nitrogens with zero attached hydrogens (tertiary/aromatic N) is 4. The molecule has 3 heterocycles. The SMILES string of the molecule is FC(F)(F)c1cccc(-c2cc(C(F)(F)F)n3ncc(C#Cc4cccnc4)c3n2)c1. The fraction of sp³-hybridized carbons (Fsp3) is 0.0952. The van der Waals surface area contributed by atoms with E-state index in [0.717, 1.165) is 24.4 Å². The van der Waals surface area contributed by atoms with Crippen LogP contribution in [0.25, 0.3) is 16.9 Å². The lowest BCUT2D eigenvalue weighted by Crippen LogP contribution is -2.14. The fourth-order valence-corrected chi connectivity index (χ4v) is 2.83. The molecule has 156 valence electrons. The Kier molecular flexibility index (Phi) is 4.89. The molecule has 0 aliphatic carbocycles. The average molecular weight is 432 g/mol. The molecule has 0 radical (unpaired) electrons. The summed E-state index contributed by atoms with van der Waals surface area (Å²) < 4.78 is 80.6. The molecule has 0 N–H and O–H groups in total. The summed E-state index contributed by atoms with van der Waals surface area (Å²) >= 11 is 0. The number of fused-ring (bicyclic) bond motifs is 1. The smallest absolute Gasteiger partial charge is 0.263 e. The van der Waals surface area contributed by atoms with Gasteiger partial charge in [-0.25, -0.2) is 9.50 Å². The van der Waals surface area contributed by atoms with Crippen LogP contribution in [0.4, 0.5) is 26.3 Å². The van der Waals surface area contributed by atoms with E-state index in [-0.39, 0.29) is 22.5 Å². The molecule has 0 aliphatic heterocycles. The van der Waals surface area contributed by atoms with E-state index in [1.165, 1.54) is 12.3 Å². The molecule has 0 saturated heterocycles. The summed E-state index contributed by atoms with van der Waals surface area (Å²) in [4.78, 5) is 8.03. The van der Waals surface area contributed by atoms with E-state index in [4.69, 9.17) is 0 Å². The number of aromatic nitrogens is 4. The van der Waals surface area contributed by atoms with Gasteiger partial charge in [0.05, 0.1) is 23.0 Å². The highest BCUT2D eigenvalue weighted by atomic mass is 19.4. The molecule has 0 unspecified atom stereocenters. The summed E-state index contributed by atoms with van der Waals surface area (Å²) in [6, 6.07) is 7.91. The molecule has 0 spiro atoms. The van der Waals surface area contributed by atoms with Gasteiger partial charge in [-0.15, -0.1) is 0 Å². The molecule has 0 aliphatic rings. The first-order chi connectivity index (χ1) is 14.6. The molecule has 0 bridgehead atoms. The molecule has 0 fully saturated rings. The Morgan fingerprint density at radius 2 is 1.65 bits per heavy atom. The first-order valence-corrected chi connectivity index (χ1v) is 8.68. The predicted octanol–water partition coefficient (Wildman–Crippen LogP) is 5.23. The minimum atomic E-state index is -4.82. The number of alkyl halides is 6. The lowest BCUT2D eigenvalue weighted by Gasteiger charge is -2.12. The Morgan fingerprint density at radius 3 is 2.32 bits per heavy atom. The van der Waals surface area contributed by atoms with E-state index in [9.17, 15) is 26.3 Å². The van der Waals surface area contributed by atoms with Crippen molar-refractivity contribution in [3.05, 3.63) is 83.4 Å². The minimum Gasteiger partial charge on any atom is -0.263 e. The van der Waals surface area contributed by atoms with Crippen LogP contribution in [0.3, 0.4) is 0 Å². The van der Waals surface area contributed by atoms with Crippen LogP contribution in [0.1, 0.15) is 22.4 Å². The summed E-state index contributed by atoms with van der Waals surface area (Å²) in [6.07, 6.45) is -5.33. The topological polar surface area (TPSA) is 43.1 Å². The van der Waals surface area contributed by atoms with Crippen molar-refractivity contribution in [1.29, 1.82) is 0 Å². The summed E-state index contributed by atoms with van der Waals surface area (Å²) in [5, 5.41) is 3.72. The minimum absolute atomic E-state index is 0.0863. The zero-order chi connectivity index (χ0) is 22.2. The lowest BCUT2D eigenvalue weighted by molar-refractivity contribution is -0.142. The third-order valence-corrected chi connectivity index (χ3v) is 4.25. The Balaban J connectivity index is 1.91. The molecule has 0 amide bonds. The largest absolute Gasteiger partial charge is 0.433 e. The van der Waals surface area contributed by atoms with Crippen LogP contribution in [0.15, 0.2) is 61.1 Å². The van der Waals surface area contributed by atoms with Gasteiger partial charge in [0, 0.05) is 23.5 Å². The average Bonchev–Trinajstić information content (AvgIpc) is 3.14. The van der Waals surface area contributed by atoms with Crippen molar-refractivity contribution in [2.75, 3.05) is 0 Å². The molecule has 0 atom stereocenters. The van der Waals surface area contributed by atoms with Crippen molar-refractivity contribution in [1.82, 2.24) is 19.6 Å². The second-order valence-electron chi connectivity index (χ2n) is 6.39. The van der Waals surface area contributed by atoms with Gasteiger partial charge < -0.3 is 0 Å². The van der Waals surface area contributed by atoms with Crippen molar-refractivity contribution < 1.29 is 26.3 Å². The third kappa shape index (κ3) is 4.21. The zero-order valence-electron chi connectivity index (χ0n) is 15.3. The molecule has 10 heteroatoms. The van der Waals surface area contributed by atoms with E-state index in [1.54, 1.807) is 18.3 Å². The molecule has 4 aromatic rings. The summed E-state index contributed by atoms with van der Waals surface area (Å²) in [7, 11) is 0. The second-order valence-corrected chi connectivity index (χ2v) is 6.39. The third-order valence-electron chi connectivity index (χ3n) is 4.25. The van der Waals surface area contributed by atoms with Gasteiger partial charge in [-0.1, -0.05) is 24.0 Å². The van der Waals surface area contributed by atoms with E-state index < -0.39 is 23.6 Å². The Hall–Kier alpha value is -3.87. The second kappa shape index (κ2) is 7.43. The van der Waals surface area contributed by atoms with E-state index in [0.29, 0.717) is 16.1 Å². The number of hydrogen-bond acceptors (Lipinski definition) is 3. The standard InChI is InChI=1S/C21H10F6N4/c22-20(23,24)16-5-1-4-14(9-16)17-10-18(21(25,26)27)31-19(30-17)15(12-29-31)7-6-13-3-2-8-28-11-13/h1-5,8-12H. The highest BCUT2D eigenvalue weighted by Gasteiger charge is 2.36. The summed E-state index contributed by atoms with van der Waals surface area (Å²) in [5.74, 6) is 5.44. The maximum Gasteiger partial charge on any atom is 0.433 e. The van der Waals surface area contributed by atoms with Crippen LogP contribution in [0.2, 0.25) is 0 Å². The number of benzene rings is 1. The first kappa shape index (κ1) is 20.4. The van der Waals surface area contributed by atoms with Gasteiger partial charge >= 0.3 is 12.4 Å². The van der Waals surface area contributed by atoms with Crippen LogP contribution in [-0.4, -0.2) is 19.6 Å². The van der Waals surface area contributed by atoms with Crippen molar-refractivity contribution >= 4 is 5.65 Å².